The first-order valence-corrected chi connectivity index (χ1v) is 10.7. The quantitative estimate of drug-likeness (QED) is 0.388. The van der Waals surface area contributed by atoms with Crippen molar-refractivity contribution in [3.05, 3.63) is 64.2 Å². The Labute approximate surface area is 166 Å². The van der Waals surface area contributed by atoms with Crippen LogP contribution in [0.1, 0.15) is 24.4 Å². The summed E-state index contributed by atoms with van der Waals surface area (Å²) in [6, 6.07) is 12.0. The SMILES string of the molecule is COc1cccc([C@@H]2[C@@H](Br)CCCN2S(=O)(=O)c2ccc([N+](=O)[O-])cc2)c1. The molecule has 1 aliphatic rings. The Bertz CT molecular complexity index is 933. The maximum Gasteiger partial charge on any atom is 0.269 e. The van der Waals surface area contributed by atoms with Gasteiger partial charge in [0.25, 0.3) is 5.69 Å². The van der Waals surface area contributed by atoms with Crippen LogP contribution in [0.4, 0.5) is 5.69 Å². The Hall–Kier alpha value is -1.97. The molecule has 144 valence electrons. The highest BCUT2D eigenvalue weighted by atomic mass is 79.9. The highest BCUT2D eigenvalue weighted by Crippen LogP contribution is 2.40. The van der Waals surface area contributed by atoms with Gasteiger partial charge in [-0.3, -0.25) is 10.1 Å². The van der Waals surface area contributed by atoms with Gasteiger partial charge >= 0.3 is 0 Å². The molecule has 0 aromatic heterocycles. The van der Waals surface area contributed by atoms with Crippen LogP contribution in [0.25, 0.3) is 0 Å². The van der Waals surface area contributed by atoms with Crippen molar-refractivity contribution in [1.29, 1.82) is 0 Å². The fourth-order valence-electron chi connectivity index (χ4n) is 3.26. The van der Waals surface area contributed by atoms with Gasteiger partial charge in [-0.2, -0.15) is 4.31 Å². The zero-order chi connectivity index (χ0) is 19.6. The summed E-state index contributed by atoms with van der Waals surface area (Å²) in [5.74, 6) is 0.658. The second-order valence-corrected chi connectivity index (χ2v) is 9.31. The van der Waals surface area contributed by atoms with Gasteiger partial charge < -0.3 is 4.74 Å². The summed E-state index contributed by atoms with van der Waals surface area (Å²) < 4.78 is 33.3. The molecule has 0 aliphatic carbocycles. The van der Waals surface area contributed by atoms with Gasteiger partial charge in [-0.15, -0.1) is 0 Å². The Morgan fingerprint density at radius 1 is 1.22 bits per heavy atom. The van der Waals surface area contributed by atoms with E-state index in [1.807, 2.05) is 24.3 Å². The maximum atomic E-state index is 13.3. The van der Waals surface area contributed by atoms with Crippen LogP contribution in [0, 0.1) is 10.1 Å². The number of halogens is 1. The lowest BCUT2D eigenvalue weighted by atomic mass is 9.97. The summed E-state index contributed by atoms with van der Waals surface area (Å²) >= 11 is 3.64. The molecule has 7 nitrogen and oxygen atoms in total. The minimum absolute atomic E-state index is 0.0441. The number of non-ortho nitro benzene ring substituents is 1. The van der Waals surface area contributed by atoms with Crippen molar-refractivity contribution in [2.45, 2.75) is 28.6 Å². The molecule has 1 heterocycles. The molecule has 0 saturated carbocycles. The molecule has 1 saturated heterocycles. The van der Waals surface area contributed by atoms with E-state index in [0.29, 0.717) is 12.3 Å². The van der Waals surface area contributed by atoms with Crippen LogP contribution in [-0.2, 0) is 10.0 Å². The molecule has 2 aromatic carbocycles. The van der Waals surface area contributed by atoms with E-state index >= 15 is 0 Å². The Morgan fingerprint density at radius 2 is 1.93 bits per heavy atom. The number of hydrogen-bond donors (Lipinski definition) is 0. The molecule has 0 N–H and O–H groups in total. The summed E-state index contributed by atoms with van der Waals surface area (Å²) in [7, 11) is -2.25. The van der Waals surface area contributed by atoms with E-state index in [1.54, 1.807) is 7.11 Å². The molecule has 0 amide bonds. The predicted octanol–water partition coefficient (Wildman–Crippen LogP) is 3.89. The summed E-state index contributed by atoms with van der Waals surface area (Å²) in [6.45, 7) is 0.378. The van der Waals surface area contributed by atoms with Crippen molar-refractivity contribution in [2.24, 2.45) is 0 Å². The number of nitro groups is 1. The first-order valence-electron chi connectivity index (χ1n) is 8.39. The summed E-state index contributed by atoms with van der Waals surface area (Å²) in [6.07, 6.45) is 1.57. The molecule has 1 fully saturated rings. The number of nitro benzene ring substituents is 1. The second kappa shape index (κ2) is 7.95. The van der Waals surface area contributed by atoms with E-state index in [0.717, 1.165) is 18.4 Å². The normalized spacial score (nSPS) is 21.0. The zero-order valence-electron chi connectivity index (χ0n) is 14.6. The van der Waals surface area contributed by atoms with E-state index in [9.17, 15) is 18.5 Å². The van der Waals surface area contributed by atoms with Crippen LogP contribution in [0.2, 0.25) is 0 Å². The van der Waals surface area contributed by atoms with E-state index in [2.05, 4.69) is 15.9 Å². The van der Waals surface area contributed by atoms with Crippen molar-refractivity contribution < 1.29 is 18.1 Å². The van der Waals surface area contributed by atoms with Gasteiger partial charge in [-0.05, 0) is 42.7 Å². The number of nitrogens with zero attached hydrogens (tertiary/aromatic N) is 2. The minimum atomic E-state index is -3.81. The molecular formula is C18H19BrN2O5S. The molecule has 2 atom stereocenters. The third-order valence-corrected chi connectivity index (χ3v) is 7.45. The number of sulfonamides is 1. The molecule has 27 heavy (non-hydrogen) atoms. The van der Waals surface area contributed by atoms with Crippen LogP contribution in [0.5, 0.6) is 5.75 Å². The molecular weight excluding hydrogens is 436 g/mol. The smallest absolute Gasteiger partial charge is 0.269 e. The van der Waals surface area contributed by atoms with Gasteiger partial charge in [0.2, 0.25) is 10.0 Å². The highest BCUT2D eigenvalue weighted by molar-refractivity contribution is 9.09. The predicted molar refractivity (Wildman–Crippen MR) is 105 cm³/mol. The molecule has 0 spiro atoms. The molecule has 9 heteroatoms. The van der Waals surface area contributed by atoms with Gasteiger partial charge in [0.15, 0.2) is 0 Å². The fourth-order valence-corrected chi connectivity index (χ4v) is 6.02. The highest BCUT2D eigenvalue weighted by Gasteiger charge is 2.39. The van der Waals surface area contributed by atoms with Crippen LogP contribution < -0.4 is 4.74 Å². The van der Waals surface area contributed by atoms with Crippen molar-refractivity contribution >= 4 is 31.6 Å². The van der Waals surface area contributed by atoms with Gasteiger partial charge in [-0.25, -0.2) is 8.42 Å². The molecule has 0 bridgehead atoms. The number of hydrogen-bond acceptors (Lipinski definition) is 5. The number of methoxy groups -OCH3 is 1. The number of benzene rings is 2. The van der Waals surface area contributed by atoms with E-state index in [4.69, 9.17) is 4.74 Å². The van der Waals surface area contributed by atoms with Gasteiger partial charge in [0.1, 0.15) is 5.75 Å². The topological polar surface area (TPSA) is 89.8 Å². The molecule has 0 radical (unpaired) electrons. The van der Waals surface area contributed by atoms with Crippen molar-refractivity contribution in [3.63, 3.8) is 0 Å². The molecule has 1 aliphatic heterocycles. The summed E-state index contributed by atoms with van der Waals surface area (Å²) in [5, 5.41) is 10.8. The Morgan fingerprint density at radius 3 is 2.56 bits per heavy atom. The minimum Gasteiger partial charge on any atom is -0.497 e. The second-order valence-electron chi connectivity index (χ2n) is 6.25. The lowest BCUT2D eigenvalue weighted by Gasteiger charge is -2.38. The lowest BCUT2D eigenvalue weighted by molar-refractivity contribution is -0.384. The van der Waals surface area contributed by atoms with Gasteiger partial charge in [-0.1, -0.05) is 28.1 Å². The van der Waals surface area contributed by atoms with E-state index < -0.39 is 21.0 Å². The summed E-state index contributed by atoms with van der Waals surface area (Å²) in [4.78, 5) is 10.3. The van der Waals surface area contributed by atoms with Crippen LogP contribution >= 0.6 is 15.9 Å². The van der Waals surface area contributed by atoms with E-state index in [-0.39, 0.29) is 15.4 Å². The average Bonchev–Trinajstić information content (AvgIpc) is 2.67. The summed E-state index contributed by atoms with van der Waals surface area (Å²) in [5.41, 5.74) is 0.691. The third-order valence-electron chi connectivity index (χ3n) is 4.60. The maximum absolute atomic E-state index is 13.3. The molecule has 2 aromatic rings. The first kappa shape index (κ1) is 19.8. The van der Waals surface area contributed by atoms with Gasteiger partial charge in [0, 0.05) is 23.5 Å². The fraction of sp³-hybridized carbons (Fsp3) is 0.333. The third kappa shape index (κ3) is 3.99. The molecule has 0 unspecified atom stereocenters. The number of ether oxygens (including phenoxy) is 1. The van der Waals surface area contributed by atoms with Crippen LogP contribution in [0.15, 0.2) is 53.4 Å². The van der Waals surface area contributed by atoms with Crippen LogP contribution in [0.3, 0.4) is 0 Å². The van der Waals surface area contributed by atoms with Crippen molar-refractivity contribution in [3.8, 4) is 5.75 Å². The average molecular weight is 455 g/mol. The van der Waals surface area contributed by atoms with E-state index in [1.165, 1.54) is 28.6 Å². The van der Waals surface area contributed by atoms with Crippen LogP contribution in [-0.4, -0.2) is 36.1 Å². The first-order chi connectivity index (χ1) is 12.8. The zero-order valence-corrected chi connectivity index (χ0v) is 17.0. The Balaban J connectivity index is 2.01. The standard InChI is InChI=1S/C18H19BrN2O5S/c1-26-15-5-2-4-13(12-15)18-17(19)6-3-11-20(18)27(24,25)16-9-7-14(8-10-16)21(22)23/h2,4-5,7-10,12,17-18H,3,6,11H2,1H3/t17-,18+/m0/s1. The number of rotatable bonds is 5. The largest absolute Gasteiger partial charge is 0.497 e. The van der Waals surface area contributed by atoms with Crippen molar-refractivity contribution in [2.75, 3.05) is 13.7 Å². The van der Waals surface area contributed by atoms with Crippen molar-refractivity contribution in [1.82, 2.24) is 4.31 Å². The Kier molecular flexibility index (Phi) is 5.83. The molecule has 3 rings (SSSR count). The number of piperidine rings is 1. The monoisotopic (exact) mass is 454 g/mol. The van der Waals surface area contributed by atoms with Gasteiger partial charge in [0.05, 0.1) is 23.0 Å². The lowest BCUT2D eigenvalue weighted by Crippen LogP contribution is -2.43. The number of alkyl halides is 1.